The standard InChI is InChI=1S/C11H20N2O3Si/c1-9-10(11(14)15)7-13(12-9)8-16-5-6-17(2,3)4/h7H,5-6,8H2,1-4H3,(H,14,15)/p+1. The first-order chi connectivity index (χ1) is 7.79. The van der Waals surface area contributed by atoms with Crippen LogP contribution in [0.2, 0.25) is 25.7 Å². The van der Waals surface area contributed by atoms with E-state index >= 15 is 0 Å². The Bertz CT molecular complexity index is 396. The van der Waals surface area contributed by atoms with E-state index in [0.717, 1.165) is 12.7 Å². The van der Waals surface area contributed by atoms with Crippen LogP contribution in [-0.2, 0) is 11.5 Å². The summed E-state index contributed by atoms with van der Waals surface area (Å²) in [6, 6.07) is 1.11. The maximum absolute atomic E-state index is 10.8. The fourth-order valence-electron chi connectivity index (χ4n) is 1.39. The van der Waals surface area contributed by atoms with Crippen molar-refractivity contribution in [2.45, 2.75) is 39.3 Å². The van der Waals surface area contributed by atoms with E-state index in [1.54, 1.807) is 17.8 Å². The van der Waals surface area contributed by atoms with Gasteiger partial charge in [-0.1, -0.05) is 24.3 Å². The zero-order valence-corrected chi connectivity index (χ0v) is 11.9. The lowest BCUT2D eigenvalue weighted by molar-refractivity contribution is -0.781. The molecule has 0 fully saturated rings. The Hall–Kier alpha value is -1.14. The minimum atomic E-state index is -1.06. The molecule has 1 aromatic heterocycles. The molecule has 0 bridgehead atoms. The van der Waals surface area contributed by atoms with Crippen LogP contribution in [0, 0.1) is 6.92 Å². The van der Waals surface area contributed by atoms with Crippen molar-refractivity contribution in [2.24, 2.45) is 0 Å². The highest BCUT2D eigenvalue weighted by Crippen LogP contribution is 2.07. The van der Waals surface area contributed by atoms with E-state index in [1.165, 1.54) is 0 Å². The van der Waals surface area contributed by atoms with Gasteiger partial charge in [0.15, 0.2) is 0 Å². The molecule has 2 N–H and O–H groups in total. The summed E-state index contributed by atoms with van der Waals surface area (Å²) in [5, 5.41) is 11.8. The van der Waals surface area contributed by atoms with Crippen molar-refractivity contribution in [1.29, 1.82) is 0 Å². The predicted octanol–water partition coefficient (Wildman–Crippen LogP) is 1.62. The molecule has 0 unspecified atom stereocenters. The summed E-state index contributed by atoms with van der Waals surface area (Å²) < 4.78 is 7.17. The van der Waals surface area contributed by atoms with Gasteiger partial charge in [-0.05, 0) is 13.0 Å². The second-order valence-corrected chi connectivity index (χ2v) is 11.0. The molecule has 0 aromatic carbocycles. The number of aromatic amines is 1. The van der Waals surface area contributed by atoms with Gasteiger partial charge in [0.2, 0.25) is 6.20 Å². The predicted molar refractivity (Wildman–Crippen MR) is 66.8 cm³/mol. The topological polar surface area (TPSA) is 66.2 Å². The maximum Gasteiger partial charge on any atom is 0.343 e. The van der Waals surface area contributed by atoms with Gasteiger partial charge in [-0.15, -0.1) is 0 Å². The van der Waals surface area contributed by atoms with Gasteiger partial charge in [-0.25, -0.2) is 4.79 Å². The third-order valence-corrected chi connectivity index (χ3v) is 4.16. The van der Waals surface area contributed by atoms with Crippen molar-refractivity contribution in [1.82, 2.24) is 5.10 Å². The Morgan fingerprint density at radius 2 is 2.18 bits per heavy atom. The van der Waals surface area contributed by atoms with Crippen LogP contribution >= 0.6 is 0 Å². The second-order valence-electron chi connectivity index (χ2n) is 5.40. The highest BCUT2D eigenvalue weighted by atomic mass is 28.3. The molecule has 0 aliphatic heterocycles. The molecule has 0 atom stereocenters. The van der Waals surface area contributed by atoms with Crippen molar-refractivity contribution >= 4 is 14.0 Å². The summed E-state index contributed by atoms with van der Waals surface area (Å²) >= 11 is 0. The number of aryl methyl sites for hydroxylation is 1. The quantitative estimate of drug-likeness (QED) is 0.462. The number of carboxylic acid groups (broad SMARTS) is 1. The zero-order valence-electron chi connectivity index (χ0n) is 10.9. The summed E-state index contributed by atoms with van der Waals surface area (Å²) in [7, 11) is -1.06. The van der Waals surface area contributed by atoms with E-state index < -0.39 is 14.0 Å². The van der Waals surface area contributed by atoms with Crippen LogP contribution in [0.5, 0.6) is 0 Å². The summed E-state index contributed by atoms with van der Waals surface area (Å²) in [4.78, 5) is 10.8. The minimum absolute atomic E-state index is 0.291. The number of H-pyrrole nitrogens is 1. The van der Waals surface area contributed by atoms with E-state index in [9.17, 15) is 4.79 Å². The lowest BCUT2D eigenvalue weighted by atomic mass is 10.3. The SMILES string of the molecule is Cc1[nH][n+](COCC[Si](C)(C)C)cc1C(=O)O. The van der Waals surface area contributed by atoms with E-state index in [0.29, 0.717) is 18.0 Å². The molecule has 0 aliphatic carbocycles. The fraction of sp³-hybridized carbons (Fsp3) is 0.636. The van der Waals surface area contributed by atoms with Crippen molar-refractivity contribution in [3.8, 4) is 0 Å². The van der Waals surface area contributed by atoms with E-state index in [1.807, 2.05) is 0 Å². The number of carbonyl (C=O) groups is 1. The molecule has 0 aliphatic rings. The number of carboxylic acids is 1. The van der Waals surface area contributed by atoms with Gasteiger partial charge in [-0.3, -0.25) is 0 Å². The Balaban J connectivity index is 2.43. The molecule has 6 heteroatoms. The van der Waals surface area contributed by atoms with Gasteiger partial charge < -0.3 is 9.84 Å². The molecule has 5 nitrogen and oxygen atoms in total. The Kier molecular flexibility index (Phi) is 4.47. The van der Waals surface area contributed by atoms with Crippen LogP contribution in [-0.4, -0.2) is 30.9 Å². The zero-order chi connectivity index (χ0) is 13.1. The van der Waals surface area contributed by atoms with Gasteiger partial charge in [0.05, 0.1) is 12.3 Å². The summed E-state index contributed by atoms with van der Waals surface area (Å²) in [6.07, 6.45) is 1.56. The van der Waals surface area contributed by atoms with Crippen LogP contribution in [0.1, 0.15) is 16.1 Å². The third-order valence-electron chi connectivity index (χ3n) is 2.46. The van der Waals surface area contributed by atoms with E-state index in [-0.39, 0.29) is 0 Å². The van der Waals surface area contributed by atoms with Gasteiger partial charge in [0, 0.05) is 8.07 Å². The number of hydrogen-bond donors (Lipinski definition) is 2. The monoisotopic (exact) mass is 257 g/mol. The van der Waals surface area contributed by atoms with Gasteiger partial charge in [-0.2, -0.15) is 5.10 Å². The molecule has 0 saturated carbocycles. The first kappa shape index (κ1) is 13.9. The van der Waals surface area contributed by atoms with Gasteiger partial charge >= 0.3 is 5.97 Å². The molecule has 0 amide bonds. The largest absolute Gasteiger partial charge is 0.477 e. The number of nitrogens with zero attached hydrogens (tertiary/aromatic N) is 1. The number of aromatic carboxylic acids is 1. The molecule has 0 saturated heterocycles. The fourth-order valence-corrected chi connectivity index (χ4v) is 2.14. The highest BCUT2D eigenvalue weighted by molar-refractivity contribution is 6.76. The summed E-state index contributed by atoms with van der Waals surface area (Å²) in [6.45, 7) is 9.73. The minimum Gasteiger partial charge on any atom is -0.477 e. The Morgan fingerprint density at radius 1 is 1.53 bits per heavy atom. The summed E-state index contributed by atoms with van der Waals surface area (Å²) in [5.74, 6) is -0.917. The first-order valence-electron chi connectivity index (χ1n) is 5.70. The third kappa shape index (κ3) is 4.70. The highest BCUT2D eigenvalue weighted by Gasteiger charge is 2.17. The van der Waals surface area contributed by atoms with E-state index in [2.05, 4.69) is 24.7 Å². The van der Waals surface area contributed by atoms with Crippen LogP contribution in [0.3, 0.4) is 0 Å². The van der Waals surface area contributed by atoms with Crippen molar-refractivity contribution < 1.29 is 19.3 Å². The normalized spacial score (nSPS) is 11.8. The molecule has 0 spiro atoms. The Labute approximate surface area is 102 Å². The lowest BCUT2D eigenvalue weighted by Gasteiger charge is -2.13. The van der Waals surface area contributed by atoms with Crippen molar-refractivity contribution in [2.75, 3.05) is 6.61 Å². The molecule has 96 valence electrons. The first-order valence-corrected chi connectivity index (χ1v) is 9.40. The average molecular weight is 257 g/mol. The number of ether oxygens (including phenoxy) is 1. The number of hydrogen-bond acceptors (Lipinski definition) is 2. The van der Waals surface area contributed by atoms with E-state index in [4.69, 9.17) is 9.84 Å². The smallest absolute Gasteiger partial charge is 0.343 e. The van der Waals surface area contributed by atoms with Crippen LogP contribution < -0.4 is 4.68 Å². The van der Waals surface area contributed by atoms with Gasteiger partial charge in [0.25, 0.3) is 6.73 Å². The molecular formula is C11H21N2O3Si+. The average Bonchev–Trinajstić information content (AvgIpc) is 2.53. The van der Waals surface area contributed by atoms with Crippen molar-refractivity contribution in [3.05, 3.63) is 17.5 Å². The molecular weight excluding hydrogens is 236 g/mol. The molecule has 1 heterocycles. The lowest BCUT2D eigenvalue weighted by Crippen LogP contribution is -2.37. The van der Waals surface area contributed by atoms with Crippen LogP contribution in [0.15, 0.2) is 6.20 Å². The van der Waals surface area contributed by atoms with Crippen molar-refractivity contribution in [3.63, 3.8) is 0 Å². The number of nitrogens with one attached hydrogen (secondary N) is 1. The second kappa shape index (κ2) is 5.46. The van der Waals surface area contributed by atoms with Crippen LogP contribution in [0.4, 0.5) is 0 Å². The Morgan fingerprint density at radius 3 is 2.65 bits per heavy atom. The number of rotatable bonds is 6. The molecule has 17 heavy (non-hydrogen) atoms. The number of aromatic nitrogens is 2. The molecule has 1 rings (SSSR count). The molecule has 0 radical (unpaired) electrons. The maximum atomic E-state index is 10.8. The molecule has 1 aromatic rings. The van der Waals surface area contributed by atoms with Gasteiger partial charge in [0.1, 0.15) is 5.56 Å². The summed E-state index contributed by atoms with van der Waals surface area (Å²) in [5.41, 5.74) is 0.935. The van der Waals surface area contributed by atoms with Crippen LogP contribution in [0.25, 0.3) is 0 Å².